The Morgan fingerprint density at radius 2 is 1.84 bits per heavy atom. The Bertz CT molecular complexity index is 573. The Balaban J connectivity index is 2.28. The molecule has 3 nitrogen and oxygen atoms in total. The highest BCUT2D eigenvalue weighted by molar-refractivity contribution is 9.10. The Morgan fingerprint density at radius 3 is 2.42 bits per heavy atom. The van der Waals surface area contributed by atoms with Gasteiger partial charge in [-0.05, 0) is 55.7 Å². The molecule has 1 heterocycles. The fourth-order valence-electron chi connectivity index (χ4n) is 1.85. The van der Waals surface area contributed by atoms with E-state index in [1.807, 2.05) is 45.0 Å². The predicted molar refractivity (Wildman–Crippen MR) is 80.5 cm³/mol. The minimum atomic E-state index is -0.0289. The van der Waals surface area contributed by atoms with E-state index in [4.69, 9.17) is 10.5 Å². The van der Waals surface area contributed by atoms with Crippen molar-refractivity contribution in [2.75, 3.05) is 0 Å². The molecule has 19 heavy (non-hydrogen) atoms. The van der Waals surface area contributed by atoms with Gasteiger partial charge < -0.3 is 10.5 Å². The fraction of sp³-hybridized carbons (Fsp3) is 0.267. The van der Waals surface area contributed by atoms with Gasteiger partial charge in [0.2, 0.25) is 5.88 Å². The average molecular weight is 321 g/mol. The normalized spacial score (nSPS) is 12.3. The Kier molecular flexibility index (Phi) is 4.22. The molecule has 2 N–H and O–H groups in total. The quantitative estimate of drug-likeness (QED) is 0.918. The summed E-state index contributed by atoms with van der Waals surface area (Å²) in [5, 5.41) is 0. The van der Waals surface area contributed by atoms with E-state index in [1.165, 1.54) is 0 Å². The third-order valence-corrected chi connectivity index (χ3v) is 4.17. The molecular formula is C15H17BrN2O. The van der Waals surface area contributed by atoms with Gasteiger partial charge in [-0.2, -0.15) is 0 Å². The number of rotatable bonds is 3. The van der Waals surface area contributed by atoms with Gasteiger partial charge in [0.1, 0.15) is 5.75 Å². The number of ether oxygens (including phenoxy) is 1. The summed E-state index contributed by atoms with van der Waals surface area (Å²) in [6.45, 7) is 6.01. The third kappa shape index (κ3) is 3.33. The molecule has 0 aliphatic rings. The Morgan fingerprint density at radius 1 is 1.21 bits per heavy atom. The van der Waals surface area contributed by atoms with Crippen LogP contribution in [-0.2, 0) is 0 Å². The van der Waals surface area contributed by atoms with Crippen molar-refractivity contribution in [3.8, 4) is 11.6 Å². The topological polar surface area (TPSA) is 48.1 Å². The SMILES string of the molecule is Cc1cc(Oc2cc([C@@H](C)N)ccn2)cc(C)c1Br. The first-order valence-electron chi connectivity index (χ1n) is 6.13. The zero-order valence-corrected chi connectivity index (χ0v) is 12.9. The highest BCUT2D eigenvalue weighted by Gasteiger charge is 2.06. The maximum atomic E-state index is 5.85. The molecule has 0 bridgehead atoms. The van der Waals surface area contributed by atoms with E-state index in [1.54, 1.807) is 6.20 Å². The molecule has 2 aromatic rings. The van der Waals surface area contributed by atoms with Crippen molar-refractivity contribution in [2.24, 2.45) is 5.73 Å². The number of pyridine rings is 1. The Hall–Kier alpha value is -1.39. The van der Waals surface area contributed by atoms with Crippen LogP contribution < -0.4 is 10.5 Å². The second kappa shape index (κ2) is 5.72. The molecule has 4 heteroatoms. The second-order valence-electron chi connectivity index (χ2n) is 4.69. The number of halogens is 1. The molecule has 1 atom stereocenters. The van der Waals surface area contributed by atoms with Gasteiger partial charge >= 0.3 is 0 Å². The smallest absolute Gasteiger partial charge is 0.219 e. The summed E-state index contributed by atoms with van der Waals surface area (Å²) in [5.41, 5.74) is 9.14. The number of aromatic nitrogens is 1. The average Bonchev–Trinajstić information content (AvgIpc) is 2.36. The van der Waals surface area contributed by atoms with Crippen LogP contribution in [0.2, 0.25) is 0 Å². The number of nitrogens with two attached hydrogens (primary N) is 1. The summed E-state index contributed by atoms with van der Waals surface area (Å²) >= 11 is 3.54. The van der Waals surface area contributed by atoms with Gasteiger partial charge in [-0.1, -0.05) is 15.9 Å². The van der Waals surface area contributed by atoms with E-state index in [0.29, 0.717) is 5.88 Å². The molecule has 0 saturated carbocycles. The molecule has 0 unspecified atom stereocenters. The number of hydrogen-bond donors (Lipinski definition) is 1. The summed E-state index contributed by atoms with van der Waals surface area (Å²) in [6, 6.07) is 7.71. The summed E-state index contributed by atoms with van der Waals surface area (Å²) in [6.07, 6.45) is 1.71. The number of hydrogen-bond acceptors (Lipinski definition) is 3. The van der Waals surface area contributed by atoms with Crippen LogP contribution in [0.5, 0.6) is 11.6 Å². The summed E-state index contributed by atoms with van der Waals surface area (Å²) in [7, 11) is 0. The van der Waals surface area contributed by atoms with Gasteiger partial charge in [-0.15, -0.1) is 0 Å². The zero-order chi connectivity index (χ0) is 14.0. The molecule has 0 spiro atoms. The van der Waals surface area contributed by atoms with Crippen molar-refractivity contribution in [1.82, 2.24) is 4.98 Å². The first-order chi connectivity index (χ1) is 8.97. The van der Waals surface area contributed by atoms with Gasteiger partial charge in [-0.25, -0.2) is 4.98 Å². The van der Waals surface area contributed by atoms with Crippen molar-refractivity contribution >= 4 is 15.9 Å². The van der Waals surface area contributed by atoms with Crippen LogP contribution in [0, 0.1) is 13.8 Å². The van der Waals surface area contributed by atoms with Crippen molar-refractivity contribution in [3.63, 3.8) is 0 Å². The van der Waals surface area contributed by atoms with Crippen molar-refractivity contribution < 1.29 is 4.74 Å². The minimum Gasteiger partial charge on any atom is -0.439 e. The molecule has 1 aromatic carbocycles. The molecule has 0 saturated heterocycles. The lowest BCUT2D eigenvalue weighted by atomic mass is 10.1. The standard InChI is InChI=1S/C15H17BrN2O/c1-9-6-13(7-10(2)15(9)16)19-14-8-12(11(3)17)4-5-18-14/h4-8,11H,17H2,1-3H3/t11-/m1/s1. The number of benzene rings is 1. The van der Waals surface area contributed by atoms with Crippen LogP contribution in [0.15, 0.2) is 34.9 Å². The summed E-state index contributed by atoms with van der Waals surface area (Å²) in [5.74, 6) is 1.35. The number of nitrogens with zero attached hydrogens (tertiary/aromatic N) is 1. The third-order valence-electron chi connectivity index (χ3n) is 2.92. The number of aryl methyl sites for hydroxylation is 2. The van der Waals surface area contributed by atoms with Gasteiger partial charge in [0, 0.05) is 22.8 Å². The molecule has 0 radical (unpaired) electrons. The zero-order valence-electron chi connectivity index (χ0n) is 11.3. The Labute approximate surface area is 121 Å². The van der Waals surface area contributed by atoms with Gasteiger partial charge in [0.15, 0.2) is 0 Å². The van der Waals surface area contributed by atoms with Crippen molar-refractivity contribution in [2.45, 2.75) is 26.8 Å². The fourth-order valence-corrected chi connectivity index (χ4v) is 2.08. The van der Waals surface area contributed by atoms with Crippen LogP contribution in [0.25, 0.3) is 0 Å². The first kappa shape index (κ1) is 14.0. The van der Waals surface area contributed by atoms with Gasteiger partial charge in [-0.3, -0.25) is 0 Å². The minimum absolute atomic E-state index is 0.0289. The molecule has 0 fully saturated rings. The van der Waals surface area contributed by atoms with E-state index in [0.717, 1.165) is 26.9 Å². The lowest BCUT2D eigenvalue weighted by Gasteiger charge is -2.11. The van der Waals surface area contributed by atoms with Crippen molar-refractivity contribution in [1.29, 1.82) is 0 Å². The summed E-state index contributed by atoms with van der Waals surface area (Å²) < 4.78 is 6.91. The van der Waals surface area contributed by atoms with Crippen LogP contribution in [0.4, 0.5) is 0 Å². The van der Waals surface area contributed by atoms with Crippen LogP contribution in [0.3, 0.4) is 0 Å². The molecular weight excluding hydrogens is 304 g/mol. The van der Waals surface area contributed by atoms with E-state index in [2.05, 4.69) is 20.9 Å². The molecule has 0 amide bonds. The summed E-state index contributed by atoms with van der Waals surface area (Å²) in [4.78, 5) is 4.21. The van der Waals surface area contributed by atoms with E-state index >= 15 is 0 Å². The van der Waals surface area contributed by atoms with Crippen LogP contribution >= 0.6 is 15.9 Å². The highest BCUT2D eigenvalue weighted by Crippen LogP contribution is 2.29. The largest absolute Gasteiger partial charge is 0.439 e. The highest BCUT2D eigenvalue weighted by atomic mass is 79.9. The van der Waals surface area contributed by atoms with Gasteiger partial charge in [0.25, 0.3) is 0 Å². The monoisotopic (exact) mass is 320 g/mol. The lowest BCUT2D eigenvalue weighted by Crippen LogP contribution is -2.05. The molecule has 100 valence electrons. The van der Waals surface area contributed by atoms with Crippen molar-refractivity contribution in [3.05, 3.63) is 51.6 Å². The van der Waals surface area contributed by atoms with Crippen LogP contribution in [-0.4, -0.2) is 4.98 Å². The maximum absolute atomic E-state index is 5.85. The van der Waals surface area contributed by atoms with Crippen LogP contribution in [0.1, 0.15) is 29.7 Å². The lowest BCUT2D eigenvalue weighted by molar-refractivity contribution is 0.460. The molecule has 0 aliphatic carbocycles. The maximum Gasteiger partial charge on any atom is 0.219 e. The second-order valence-corrected chi connectivity index (χ2v) is 5.48. The van der Waals surface area contributed by atoms with E-state index < -0.39 is 0 Å². The van der Waals surface area contributed by atoms with E-state index in [-0.39, 0.29) is 6.04 Å². The molecule has 1 aromatic heterocycles. The van der Waals surface area contributed by atoms with E-state index in [9.17, 15) is 0 Å². The van der Waals surface area contributed by atoms with Gasteiger partial charge in [0.05, 0.1) is 0 Å². The molecule has 0 aliphatic heterocycles. The predicted octanol–water partition coefficient (Wildman–Crippen LogP) is 4.27. The molecule has 2 rings (SSSR count). The first-order valence-corrected chi connectivity index (χ1v) is 6.93.